The molecule has 27 heavy (non-hydrogen) atoms. The van der Waals surface area contributed by atoms with Crippen LogP contribution in [0.2, 0.25) is 0 Å². The highest BCUT2D eigenvalue weighted by atomic mass is 16.7. The molecule has 4 rings (SSSR count). The fourth-order valence-electron chi connectivity index (χ4n) is 3.38. The number of imidazole rings is 1. The molecule has 0 saturated heterocycles. The van der Waals surface area contributed by atoms with Gasteiger partial charge in [-0.2, -0.15) is 0 Å². The molecular weight excluding hydrogens is 344 g/mol. The summed E-state index contributed by atoms with van der Waals surface area (Å²) in [7, 11) is 0. The van der Waals surface area contributed by atoms with Gasteiger partial charge in [0.05, 0.1) is 24.0 Å². The lowest BCUT2D eigenvalue weighted by atomic mass is 10.0. The molecule has 0 amide bonds. The number of hydrogen-bond donors (Lipinski definition) is 4. The Balaban J connectivity index is 1.63. The van der Waals surface area contributed by atoms with Gasteiger partial charge in [0, 0.05) is 12.1 Å². The third-order valence-electron chi connectivity index (χ3n) is 4.79. The van der Waals surface area contributed by atoms with Gasteiger partial charge in [-0.1, -0.05) is 36.4 Å². The topological polar surface area (TPSA) is 98.7 Å². The number of rotatable bonds is 5. The normalized spacial score (nSPS) is 14.5. The Morgan fingerprint density at radius 3 is 2.67 bits per heavy atom. The van der Waals surface area contributed by atoms with Crippen LogP contribution in [-0.4, -0.2) is 36.6 Å². The predicted molar refractivity (Wildman–Crippen MR) is 102 cm³/mol. The standard InChI is InChI=1S/C21H20N2O4/c24-9-8-23-13-22-19-12-17(6-7-20(19)23)16-5-4-15(10-16)14-2-1-3-18(11-14)21(25,26)27/h1-4,6-7,10-13,24-27H,5,8-9H2. The number of aliphatic hydroxyl groups is 4. The van der Waals surface area contributed by atoms with E-state index in [9.17, 15) is 15.3 Å². The summed E-state index contributed by atoms with van der Waals surface area (Å²) in [5.41, 5.74) is 5.86. The largest absolute Gasteiger partial charge is 0.395 e. The summed E-state index contributed by atoms with van der Waals surface area (Å²) in [6.45, 7) is 0.587. The third-order valence-corrected chi connectivity index (χ3v) is 4.79. The van der Waals surface area contributed by atoms with Crippen LogP contribution in [0.3, 0.4) is 0 Å². The number of nitrogens with zero attached hydrogens (tertiary/aromatic N) is 2. The average molecular weight is 364 g/mol. The first kappa shape index (κ1) is 17.6. The quantitative estimate of drug-likeness (QED) is 0.519. The zero-order valence-corrected chi connectivity index (χ0v) is 14.6. The summed E-state index contributed by atoms with van der Waals surface area (Å²) < 4.78 is 1.92. The molecule has 0 atom stereocenters. The minimum Gasteiger partial charge on any atom is -0.395 e. The molecule has 0 bridgehead atoms. The van der Waals surface area contributed by atoms with E-state index in [4.69, 9.17) is 5.11 Å². The van der Waals surface area contributed by atoms with Crippen LogP contribution in [0.1, 0.15) is 23.1 Å². The minimum atomic E-state index is -2.85. The number of aliphatic hydroxyl groups excluding tert-OH is 1. The molecule has 1 aliphatic carbocycles. The van der Waals surface area contributed by atoms with E-state index in [1.54, 1.807) is 18.5 Å². The second kappa shape index (κ2) is 6.75. The van der Waals surface area contributed by atoms with Gasteiger partial charge in [-0.15, -0.1) is 0 Å². The lowest BCUT2D eigenvalue weighted by Gasteiger charge is -2.15. The van der Waals surface area contributed by atoms with Crippen molar-refractivity contribution in [2.24, 2.45) is 0 Å². The molecule has 0 aliphatic heterocycles. The van der Waals surface area contributed by atoms with E-state index >= 15 is 0 Å². The molecule has 1 heterocycles. The van der Waals surface area contributed by atoms with Crippen LogP contribution in [0.4, 0.5) is 0 Å². The number of allylic oxidation sites excluding steroid dienone is 4. The number of benzene rings is 2. The molecule has 0 saturated carbocycles. The van der Waals surface area contributed by atoms with Crippen molar-refractivity contribution in [3.8, 4) is 0 Å². The first-order chi connectivity index (χ1) is 13.0. The fraction of sp³-hybridized carbons (Fsp3) is 0.190. The maximum Gasteiger partial charge on any atom is 0.304 e. The summed E-state index contributed by atoms with van der Waals surface area (Å²) >= 11 is 0. The van der Waals surface area contributed by atoms with Crippen LogP contribution in [0.25, 0.3) is 22.2 Å². The van der Waals surface area contributed by atoms with Gasteiger partial charge >= 0.3 is 5.97 Å². The van der Waals surface area contributed by atoms with Gasteiger partial charge in [0.15, 0.2) is 0 Å². The summed E-state index contributed by atoms with van der Waals surface area (Å²) in [5.74, 6) is -2.85. The van der Waals surface area contributed by atoms with Crippen LogP contribution in [0, 0.1) is 0 Å². The molecule has 2 aromatic carbocycles. The average Bonchev–Trinajstić information content (AvgIpc) is 3.29. The summed E-state index contributed by atoms with van der Waals surface area (Å²) in [4.78, 5) is 4.41. The van der Waals surface area contributed by atoms with Crippen molar-refractivity contribution in [3.63, 3.8) is 0 Å². The van der Waals surface area contributed by atoms with Crippen molar-refractivity contribution < 1.29 is 20.4 Å². The minimum absolute atomic E-state index is 0.0265. The highest BCUT2D eigenvalue weighted by Gasteiger charge is 2.22. The molecule has 6 nitrogen and oxygen atoms in total. The molecule has 3 aromatic rings. The smallest absolute Gasteiger partial charge is 0.304 e. The lowest BCUT2D eigenvalue weighted by Crippen LogP contribution is -2.23. The van der Waals surface area contributed by atoms with E-state index in [0.717, 1.165) is 39.7 Å². The van der Waals surface area contributed by atoms with Crippen LogP contribution in [-0.2, 0) is 12.5 Å². The van der Waals surface area contributed by atoms with Crippen molar-refractivity contribution >= 4 is 22.2 Å². The molecule has 1 aliphatic rings. The second-order valence-electron chi connectivity index (χ2n) is 6.61. The van der Waals surface area contributed by atoms with Crippen molar-refractivity contribution in [1.82, 2.24) is 9.55 Å². The van der Waals surface area contributed by atoms with E-state index in [1.807, 2.05) is 28.8 Å². The fourth-order valence-corrected chi connectivity index (χ4v) is 3.38. The summed E-state index contributed by atoms with van der Waals surface area (Å²) in [5, 5.41) is 37.3. The van der Waals surface area contributed by atoms with E-state index in [-0.39, 0.29) is 12.2 Å². The van der Waals surface area contributed by atoms with Gasteiger partial charge in [-0.3, -0.25) is 0 Å². The van der Waals surface area contributed by atoms with Crippen LogP contribution in [0.15, 0.2) is 60.9 Å². The summed E-state index contributed by atoms with van der Waals surface area (Å²) in [6.07, 6.45) is 6.61. The van der Waals surface area contributed by atoms with Gasteiger partial charge in [0.1, 0.15) is 0 Å². The number of aromatic nitrogens is 2. The molecule has 0 spiro atoms. The molecule has 0 unspecified atom stereocenters. The predicted octanol–water partition coefficient (Wildman–Crippen LogP) is 1.99. The first-order valence-electron chi connectivity index (χ1n) is 8.70. The van der Waals surface area contributed by atoms with Crippen LogP contribution < -0.4 is 0 Å². The Kier molecular flexibility index (Phi) is 4.41. The van der Waals surface area contributed by atoms with Gasteiger partial charge in [-0.25, -0.2) is 4.98 Å². The van der Waals surface area contributed by atoms with Crippen molar-refractivity contribution in [2.75, 3.05) is 6.61 Å². The van der Waals surface area contributed by atoms with Gasteiger partial charge in [0.2, 0.25) is 0 Å². The van der Waals surface area contributed by atoms with Crippen LogP contribution >= 0.6 is 0 Å². The third kappa shape index (κ3) is 3.43. The van der Waals surface area contributed by atoms with Crippen LogP contribution in [0.5, 0.6) is 0 Å². The van der Waals surface area contributed by atoms with Gasteiger partial charge < -0.3 is 25.0 Å². The SMILES string of the molecule is OCCn1cnc2cc(C3=CC(c4cccc(C(O)(O)O)c4)=CC3)ccc21. The number of fused-ring (bicyclic) bond motifs is 1. The Labute approximate surface area is 156 Å². The lowest BCUT2D eigenvalue weighted by molar-refractivity contribution is -0.323. The van der Waals surface area contributed by atoms with E-state index in [1.165, 1.54) is 6.07 Å². The monoisotopic (exact) mass is 364 g/mol. The highest BCUT2D eigenvalue weighted by molar-refractivity contribution is 5.91. The Bertz CT molecular complexity index is 1060. The first-order valence-corrected chi connectivity index (χ1v) is 8.70. The summed E-state index contributed by atoms with van der Waals surface area (Å²) in [6, 6.07) is 12.6. The van der Waals surface area contributed by atoms with E-state index < -0.39 is 5.97 Å². The Morgan fingerprint density at radius 2 is 1.89 bits per heavy atom. The Hall–Kier alpha value is -2.77. The molecule has 0 radical (unpaired) electrons. The molecule has 138 valence electrons. The number of hydrogen-bond acceptors (Lipinski definition) is 5. The zero-order valence-electron chi connectivity index (χ0n) is 14.6. The van der Waals surface area contributed by atoms with Crippen molar-refractivity contribution in [1.29, 1.82) is 0 Å². The second-order valence-corrected chi connectivity index (χ2v) is 6.61. The van der Waals surface area contributed by atoms with E-state index in [0.29, 0.717) is 6.54 Å². The molecular formula is C21H20N2O4. The maximum atomic E-state index is 9.38. The Morgan fingerprint density at radius 1 is 1.04 bits per heavy atom. The van der Waals surface area contributed by atoms with E-state index in [2.05, 4.69) is 17.1 Å². The van der Waals surface area contributed by atoms with Gasteiger partial charge in [0.25, 0.3) is 0 Å². The molecule has 6 heteroatoms. The van der Waals surface area contributed by atoms with Gasteiger partial charge in [-0.05, 0) is 46.9 Å². The maximum absolute atomic E-state index is 9.38. The molecule has 0 fully saturated rings. The molecule has 4 N–H and O–H groups in total. The zero-order chi connectivity index (χ0) is 19.0. The van der Waals surface area contributed by atoms with Crippen molar-refractivity contribution in [2.45, 2.75) is 18.9 Å². The highest BCUT2D eigenvalue weighted by Crippen LogP contribution is 2.34. The van der Waals surface area contributed by atoms with Crippen molar-refractivity contribution in [3.05, 3.63) is 77.6 Å². The molecule has 1 aromatic heterocycles.